The van der Waals surface area contributed by atoms with Gasteiger partial charge in [0, 0.05) is 28.4 Å². The van der Waals surface area contributed by atoms with Crippen molar-refractivity contribution in [2.45, 2.75) is 18.9 Å². The minimum atomic E-state index is -0.680. The quantitative estimate of drug-likeness (QED) is 0.431. The number of aliphatic hydroxyl groups excluding tert-OH is 1. The normalized spacial score (nSPS) is 12.2. The minimum absolute atomic E-state index is 0.165. The van der Waals surface area contributed by atoms with Crippen LogP contribution in [0.15, 0.2) is 72.0 Å². The number of carbonyl (C=O) groups excluding carboxylic acids is 1. The van der Waals surface area contributed by atoms with Crippen LogP contribution in [0.5, 0.6) is 0 Å². The number of benzene rings is 2. The molecule has 0 aliphatic heterocycles. The Labute approximate surface area is 173 Å². The first-order valence-corrected chi connectivity index (χ1v) is 9.47. The van der Waals surface area contributed by atoms with Crippen molar-refractivity contribution in [1.29, 1.82) is 0 Å². The third-order valence-electron chi connectivity index (χ3n) is 4.12. The lowest BCUT2D eigenvalue weighted by molar-refractivity contribution is -0.121. The molecule has 1 atom stereocenters. The molecule has 0 bridgehead atoms. The minimum Gasteiger partial charge on any atom is -0.388 e. The summed E-state index contributed by atoms with van der Waals surface area (Å²) in [6.45, 7) is 0. The van der Waals surface area contributed by atoms with Gasteiger partial charge in [-0.2, -0.15) is 5.10 Å². The number of amides is 1. The van der Waals surface area contributed by atoms with Crippen LogP contribution in [0.1, 0.15) is 30.2 Å². The second-order valence-corrected chi connectivity index (χ2v) is 7.06. The van der Waals surface area contributed by atoms with E-state index >= 15 is 0 Å². The topological polar surface area (TPSA) is 66.6 Å². The van der Waals surface area contributed by atoms with Crippen LogP contribution in [0.3, 0.4) is 0 Å². The fourth-order valence-electron chi connectivity index (χ4n) is 2.75. The third-order valence-corrected chi connectivity index (χ3v) is 4.56. The summed E-state index contributed by atoms with van der Waals surface area (Å²) in [4.78, 5) is 12.0. The van der Waals surface area contributed by atoms with Gasteiger partial charge in [0.25, 0.3) is 0 Å². The third kappa shape index (κ3) is 5.45. The summed E-state index contributed by atoms with van der Waals surface area (Å²) in [7, 11) is 0. The van der Waals surface area contributed by atoms with E-state index in [1.807, 2.05) is 53.2 Å². The van der Waals surface area contributed by atoms with E-state index in [9.17, 15) is 9.90 Å². The molecule has 0 aliphatic carbocycles. The molecule has 1 amide bonds. The zero-order chi connectivity index (χ0) is 19.9. The highest BCUT2D eigenvalue weighted by molar-refractivity contribution is 6.34. The first-order valence-electron chi connectivity index (χ1n) is 8.71. The van der Waals surface area contributed by atoms with Crippen molar-refractivity contribution in [3.05, 3.63) is 88.2 Å². The molecule has 2 aromatic carbocycles. The monoisotopic (exact) mass is 415 g/mol. The fourth-order valence-corrected chi connectivity index (χ4v) is 3.26. The maximum Gasteiger partial charge on any atom is 0.240 e. The van der Waals surface area contributed by atoms with Crippen molar-refractivity contribution in [3.63, 3.8) is 0 Å². The van der Waals surface area contributed by atoms with Crippen LogP contribution in [0.4, 0.5) is 0 Å². The number of nitrogens with zero attached hydrogens (tertiary/aromatic N) is 2. The maximum atomic E-state index is 12.0. The number of hydrogen-bond donors (Lipinski definition) is 2. The molecule has 3 rings (SSSR count). The molecule has 0 saturated carbocycles. The molecule has 3 aromatic rings. The molecular weight excluding hydrogens is 397 g/mol. The van der Waals surface area contributed by atoms with Crippen molar-refractivity contribution in [2.24, 2.45) is 5.10 Å². The molecule has 28 heavy (non-hydrogen) atoms. The Morgan fingerprint density at radius 3 is 2.54 bits per heavy atom. The molecule has 5 nitrogen and oxygen atoms in total. The van der Waals surface area contributed by atoms with Crippen LogP contribution in [0.2, 0.25) is 10.0 Å². The summed E-state index contributed by atoms with van der Waals surface area (Å²) in [5.74, 6) is -0.268. The molecule has 1 heterocycles. The standard InChI is InChI=1S/C21H19Cl2N3O2/c22-16-11-17(23)13-19(12-16)26-10-4-7-18(26)14-24-25-21(28)9-8-20(27)15-5-2-1-3-6-15/h1-7,10-14,20,27H,8-9H2,(H,25,28)/b24-14-/t20-/m0/s1. The summed E-state index contributed by atoms with van der Waals surface area (Å²) < 4.78 is 1.85. The van der Waals surface area contributed by atoms with Gasteiger partial charge in [0.2, 0.25) is 5.91 Å². The second-order valence-electron chi connectivity index (χ2n) is 6.19. The highest BCUT2D eigenvalue weighted by atomic mass is 35.5. The smallest absolute Gasteiger partial charge is 0.240 e. The number of aliphatic hydroxyl groups is 1. The predicted octanol–water partition coefficient (Wildman–Crippen LogP) is 4.75. The molecule has 1 aromatic heterocycles. The summed E-state index contributed by atoms with van der Waals surface area (Å²) in [6, 6.07) is 18.2. The van der Waals surface area contributed by atoms with Gasteiger partial charge in [-0.05, 0) is 42.3 Å². The van der Waals surface area contributed by atoms with Gasteiger partial charge in [-0.25, -0.2) is 5.43 Å². The van der Waals surface area contributed by atoms with Crippen LogP contribution in [0.25, 0.3) is 5.69 Å². The zero-order valence-electron chi connectivity index (χ0n) is 14.9. The summed E-state index contributed by atoms with van der Waals surface area (Å²) >= 11 is 12.1. The van der Waals surface area contributed by atoms with Crippen molar-refractivity contribution >= 4 is 35.3 Å². The number of rotatable bonds is 7. The van der Waals surface area contributed by atoms with Crippen LogP contribution < -0.4 is 5.43 Å². The second kappa shape index (κ2) is 9.55. The molecule has 0 radical (unpaired) electrons. The first kappa shape index (κ1) is 20.1. The summed E-state index contributed by atoms with van der Waals surface area (Å²) in [5.41, 5.74) is 4.82. The number of carbonyl (C=O) groups is 1. The molecule has 144 valence electrons. The molecule has 0 saturated heterocycles. The van der Waals surface area contributed by atoms with E-state index in [4.69, 9.17) is 23.2 Å². The van der Waals surface area contributed by atoms with Gasteiger partial charge >= 0.3 is 0 Å². The van der Waals surface area contributed by atoms with E-state index in [2.05, 4.69) is 10.5 Å². The molecular formula is C21H19Cl2N3O2. The number of hydrazone groups is 1. The van der Waals surface area contributed by atoms with E-state index in [-0.39, 0.29) is 12.3 Å². The van der Waals surface area contributed by atoms with Crippen molar-refractivity contribution in [2.75, 3.05) is 0 Å². The molecule has 7 heteroatoms. The first-order chi connectivity index (χ1) is 13.5. The van der Waals surface area contributed by atoms with Gasteiger partial charge in [-0.1, -0.05) is 53.5 Å². The Bertz CT molecular complexity index is 951. The number of halogens is 2. The summed E-state index contributed by atoms with van der Waals surface area (Å²) in [6.07, 6.45) is 3.20. The average Bonchev–Trinajstić information content (AvgIpc) is 3.14. The SMILES string of the molecule is O=C(CC[C@H](O)c1ccccc1)N/N=C\c1cccn1-c1cc(Cl)cc(Cl)c1. The van der Waals surface area contributed by atoms with Crippen LogP contribution >= 0.6 is 23.2 Å². The van der Waals surface area contributed by atoms with Gasteiger partial charge in [0.15, 0.2) is 0 Å². The van der Waals surface area contributed by atoms with Crippen LogP contribution in [-0.2, 0) is 4.79 Å². The van der Waals surface area contributed by atoms with Crippen LogP contribution in [0, 0.1) is 0 Å². The maximum absolute atomic E-state index is 12.0. The Hall–Kier alpha value is -2.60. The summed E-state index contributed by atoms with van der Waals surface area (Å²) in [5, 5.41) is 15.2. The Balaban J connectivity index is 1.56. The Kier molecular flexibility index (Phi) is 6.87. The fraction of sp³-hybridized carbons (Fsp3) is 0.143. The Morgan fingerprint density at radius 2 is 1.82 bits per heavy atom. The molecule has 0 spiro atoms. The lowest BCUT2D eigenvalue weighted by Crippen LogP contribution is -2.18. The van der Waals surface area contributed by atoms with E-state index in [0.29, 0.717) is 16.5 Å². The Morgan fingerprint density at radius 1 is 1.11 bits per heavy atom. The largest absolute Gasteiger partial charge is 0.388 e. The van der Waals surface area contributed by atoms with E-state index in [1.165, 1.54) is 0 Å². The zero-order valence-corrected chi connectivity index (χ0v) is 16.4. The van der Waals surface area contributed by atoms with Crippen molar-refractivity contribution < 1.29 is 9.90 Å². The number of hydrogen-bond acceptors (Lipinski definition) is 3. The van der Waals surface area contributed by atoms with Crippen molar-refractivity contribution in [3.8, 4) is 5.69 Å². The van der Waals surface area contributed by atoms with Gasteiger partial charge < -0.3 is 9.67 Å². The van der Waals surface area contributed by atoms with Gasteiger partial charge in [0.1, 0.15) is 0 Å². The predicted molar refractivity (Wildman–Crippen MR) is 112 cm³/mol. The van der Waals surface area contributed by atoms with Gasteiger partial charge in [-0.15, -0.1) is 0 Å². The molecule has 0 unspecified atom stereocenters. The van der Waals surface area contributed by atoms with E-state index in [0.717, 1.165) is 16.9 Å². The van der Waals surface area contributed by atoms with E-state index < -0.39 is 6.10 Å². The number of aromatic nitrogens is 1. The van der Waals surface area contributed by atoms with Gasteiger partial charge in [0.05, 0.1) is 18.0 Å². The average molecular weight is 416 g/mol. The molecule has 0 fully saturated rings. The van der Waals surface area contributed by atoms with E-state index in [1.54, 1.807) is 24.4 Å². The number of nitrogens with one attached hydrogen (secondary N) is 1. The lowest BCUT2D eigenvalue weighted by Gasteiger charge is -2.10. The highest BCUT2D eigenvalue weighted by Gasteiger charge is 2.10. The highest BCUT2D eigenvalue weighted by Crippen LogP contribution is 2.23. The van der Waals surface area contributed by atoms with Crippen LogP contribution in [-0.4, -0.2) is 21.8 Å². The molecule has 2 N–H and O–H groups in total. The van der Waals surface area contributed by atoms with Crippen molar-refractivity contribution in [1.82, 2.24) is 9.99 Å². The van der Waals surface area contributed by atoms with Gasteiger partial charge in [-0.3, -0.25) is 4.79 Å². The lowest BCUT2D eigenvalue weighted by atomic mass is 10.1. The molecule has 0 aliphatic rings.